The van der Waals surface area contributed by atoms with E-state index in [2.05, 4.69) is 5.32 Å². The molecule has 0 aromatic carbocycles. The van der Waals surface area contributed by atoms with Crippen LogP contribution in [0.1, 0.15) is 39.5 Å². The van der Waals surface area contributed by atoms with Gasteiger partial charge < -0.3 is 4.74 Å². The Kier molecular flexibility index (Phi) is 6.46. The van der Waals surface area contributed by atoms with Gasteiger partial charge in [-0.25, -0.2) is 0 Å². The summed E-state index contributed by atoms with van der Waals surface area (Å²) in [5, 5.41) is 3.24. The quantitative estimate of drug-likeness (QED) is 0.664. The average molecular weight is 310 g/mol. The Bertz CT molecular complexity index is 346. The molecular weight excluding hydrogens is 285 g/mol. The van der Waals surface area contributed by atoms with Gasteiger partial charge in [0.05, 0.1) is 13.7 Å². The number of hydrogen-bond acceptors (Lipinski definition) is 4. The molecule has 1 N–H and O–H groups in total. The predicted octanol–water partition coefficient (Wildman–Crippen LogP) is 2.33. The van der Waals surface area contributed by atoms with Gasteiger partial charge in [0, 0.05) is 6.04 Å². The summed E-state index contributed by atoms with van der Waals surface area (Å²) >= 11 is 0. The number of hydrogen-bond donors (Lipinski definition) is 1. The number of alkyl halides is 3. The first-order valence-electron chi connectivity index (χ1n) is 7.35. The third-order valence-corrected chi connectivity index (χ3v) is 3.74. The van der Waals surface area contributed by atoms with Crippen molar-refractivity contribution in [3.8, 4) is 0 Å². The standard InChI is InChI=1S/C14H25F3N2O2/c1-4-19(10-14(15,16)17)9-5-8-13(2,12(20)21-3)18-11-6-7-11/h11,18H,4-10H2,1-3H3. The van der Waals surface area contributed by atoms with E-state index in [0.717, 1.165) is 12.8 Å². The summed E-state index contributed by atoms with van der Waals surface area (Å²) in [5.74, 6) is -0.353. The van der Waals surface area contributed by atoms with Crippen molar-refractivity contribution < 1.29 is 22.7 Å². The monoisotopic (exact) mass is 310 g/mol. The third kappa shape index (κ3) is 6.65. The third-order valence-electron chi connectivity index (χ3n) is 3.74. The van der Waals surface area contributed by atoms with Gasteiger partial charge in [-0.15, -0.1) is 0 Å². The molecule has 0 spiro atoms. The zero-order valence-electron chi connectivity index (χ0n) is 12.9. The topological polar surface area (TPSA) is 41.6 Å². The van der Waals surface area contributed by atoms with Gasteiger partial charge in [-0.3, -0.25) is 15.0 Å². The highest BCUT2D eigenvalue weighted by molar-refractivity contribution is 5.80. The van der Waals surface area contributed by atoms with Crippen LogP contribution in [-0.2, 0) is 9.53 Å². The molecule has 1 aliphatic rings. The number of nitrogens with one attached hydrogen (secondary N) is 1. The highest BCUT2D eigenvalue weighted by Crippen LogP contribution is 2.26. The lowest BCUT2D eigenvalue weighted by molar-refractivity contribution is -0.150. The predicted molar refractivity (Wildman–Crippen MR) is 74.0 cm³/mol. The highest BCUT2D eigenvalue weighted by Gasteiger charge is 2.39. The van der Waals surface area contributed by atoms with E-state index in [1.165, 1.54) is 12.0 Å². The molecule has 7 heteroatoms. The fourth-order valence-corrected chi connectivity index (χ4v) is 2.40. The van der Waals surface area contributed by atoms with E-state index >= 15 is 0 Å². The lowest BCUT2D eigenvalue weighted by Gasteiger charge is -2.29. The number of rotatable bonds is 9. The minimum Gasteiger partial charge on any atom is -0.468 e. The molecule has 0 aromatic heterocycles. The van der Waals surface area contributed by atoms with Crippen LogP contribution in [0.25, 0.3) is 0 Å². The Morgan fingerprint density at radius 3 is 2.43 bits per heavy atom. The van der Waals surface area contributed by atoms with E-state index in [1.807, 2.05) is 0 Å². The molecule has 0 amide bonds. The first kappa shape index (κ1) is 18.2. The molecule has 124 valence electrons. The zero-order chi connectivity index (χ0) is 16.1. The molecule has 4 nitrogen and oxygen atoms in total. The van der Waals surface area contributed by atoms with Gasteiger partial charge in [0.25, 0.3) is 0 Å². The van der Waals surface area contributed by atoms with Gasteiger partial charge in [-0.2, -0.15) is 13.2 Å². The average Bonchev–Trinajstić information content (AvgIpc) is 3.18. The number of carbonyl (C=O) groups is 1. The van der Waals surface area contributed by atoms with Crippen LogP contribution in [0.5, 0.6) is 0 Å². The SMILES string of the molecule is CCN(CCCC(C)(NC1CC1)C(=O)OC)CC(F)(F)F. The first-order chi connectivity index (χ1) is 9.70. The molecule has 1 fully saturated rings. The molecule has 0 aromatic rings. The van der Waals surface area contributed by atoms with Gasteiger partial charge in [0.1, 0.15) is 5.54 Å². The molecule has 1 aliphatic carbocycles. The van der Waals surface area contributed by atoms with Gasteiger partial charge in [0.15, 0.2) is 0 Å². The van der Waals surface area contributed by atoms with E-state index in [0.29, 0.717) is 32.0 Å². The van der Waals surface area contributed by atoms with Crippen molar-refractivity contribution in [1.82, 2.24) is 10.2 Å². The number of nitrogens with zero attached hydrogens (tertiary/aromatic N) is 1. The number of carbonyl (C=O) groups excluding carboxylic acids is 1. The van der Waals surface area contributed by atoms with Crippen LogP contribution < -0.4 is 5.32 Å². The van der Waals surface area contributed by atoms with Crippen molar-refractivity contribution in [3.05, 3.63) is 0 Å². The Morgan fingerprint density at radius 1 is 1.38 bits per heavy atom. The van der Waals surface area contributed by atoms with Crippen molar-refractivity contribution >= 4 is 5.97 Å². The molecule has 0 heterocycles. The van der Waals surface area contributed by atoms with Gasteiger partial charge in [-0.1, -0.05) is 6.92 Å². The summed E-state index contributed by atoms with van der Waals surface area (Å²) in [6.45, 7) is 3.21. The summed E-state index contributed by atoms with van der Waals surface area (Å²) in [7, 11) is 1.33. The van der Waals surface area contributed by atoms with Crippen molar-refractivity contribution in [2.75, 3.05) is 26.7 Å². The second kappa shape index (κ2) is 7.45. The molecule has 0 bridgehead atoms. The number of halogens is 3. The van der Waals surface area contributed by atoms with E-state index < -0.39 is 18.3 Å². The summed E-state index contributed by atoms with van der Waals surface area (Å²) in [4.78, 5) is 13.2. The maximum atomic E-state index is 12.4. The molecule has 1 saturated carbocycles. The summed E-state index contributed by atoms with van der Waals surface area (Å²) in [6.07, 6.45) is -1.16. The summed E-state index contributed by atoms with van der Waals surface area (Å²) < 4.78 is 42.0. The Hall–Kier alpha value is -0.820. The van der Waals surface area contributed by atoms with Crippen molar-refractivity contribution in [3.63, 3.8) is 0 Å². The van der Waals surface area contributed by atoms with Crippen LogP contribution in [0.2, 0.25) is 0 Å². The smallest absolute Gasteiger partial charge is 0.401 e. The molecule has 1 unspecified atom stereocenters. The van der Waals surface area contributed by atoms with Crippen molar-refractivity contribution in [2.45, 2.75) is 57.3 Å². The van der Waals surface area contributed by atoms with Crippen LogP contribution in [0, 0.1) is 0 Å². The van der Waals surface area contributed by atoms with Gasteiger partial charge in [0.2, 0.25) is 0 Å². The van der Waals surface area contributed by atoms with Crippen LogP contribution in [0.3, 0.4) is 0 Å². The summed E-state index contributed by atoms with van der Waals surface area (Å²) in [5.41, 5.74) is -0.812. The lowest BCUT2D eigenvalue weighted by Crippen LogP contribution is -2.51. The molecule has 1 atom stereocenters. The second-order valence-corrected chi connectivity index (χ2v) is 5.83. The van der Waals surface area contributed by atoms with Crippen molar-refractivity contribution in [2.24, 2.45) is 0 Å². The maximum absolute atomic E-state index is 12.4. The lowest BCUT2D eigenvalue weighted by atomic mass is 9.95. The Balaban J connectivity index is 2.46. The Labute approximate surface area is 124 Å². The Morgan fingerprint density at radius 2 is 2.00 bits per heavy atom. The minimum atomic E-state index is -4.19. The molecule has 0 saturated heterocycles. The van der Waals surface area contributed by atoms with Gasteiger partial charge >= 0.3 is 12.1 Å². The maximum Gasteiger partial charge on any atom is 0.401 e. The fraction of sp³-hybridized carbons (Fsp3) is 0.929. The fourth-order valence-electron chi connectivity index (χ4n) is 2.40. The zero-order valence-corrected chi connectivity index (χ0v) is 12.9. The number of methoxy groups -OCH3 is 1. The molecule has 0 radical (unpaired) electrons. The van der Waals surface area contributed by atoms with E-state index in [-0.39, 0.29) is 5.97 Å². The molecule has 0 aliphatic heterocycles. The minimum absolute atomic E-state index is 0.314. The van der Waals surface area contributed by atoms with Crippen LogP contribution >= 0.6 is 0 Å². The van der Waals surface area contributed by atoms with E-state index in [9.17, 15) is 18.0 Å². The number of esters is 1. The highest BCUT2D eigenvalue weighted by atomic mass is 19.4. The van der Waals surface area contributed by atoms with E-state index in [4.69, 9.17) is 4.74 Å². The summed E-state index contributed by atoms with van der Waals surface area (Å²) in [6, 6.07) is 0.326. The van der Waals surface area contributed by atoms with Crippen LogP contribution in [0.15, 0.2) is 0 Å². The normalized spacial score (nSPS) is 18.6. The first-order valence-corrected chi connectivity index (χ1v) is 7.35. The van der Waals surface area contributed by atoms with Crippen LogP contribution in [-0.4, -0.2) is 55.4 Å². The molecular formula is C14H25F3N2O2. The van der Waals surface area contributed by atoms with Crippen LogP contribution in [0.4, 0.5) is 13.2 Å². The molecule has 1 rings (SSSR count). The van der Waals surface area contributed by atoms with E-state index in [1.54, 1.807) is 13.8 Å². The second-order valence-electron chi connectivity index (χ2n) is 5.83. The van der Waals surface area contributed by atoms with Gasteiger partial charge in [-0.05, 0) is 45.7 Å². The number of ether oxygens (including phenoxy) is 1. The largest absolute Gasteiger partial charge is 0.468 e. The van der Waals surface area contributed by atoms with Crippen molar-refractivity contribution in [1.29, 1.82) is 0 Å². The molecule has 21 heavy (non-hydrogen) atoms.